The molecule has 0 aliphatic carbocycles. The van der Waals surface area contributed by atoms with Crippen molar-refractivity contribution in [3.8, 4) is 0 Å². The Labute approximate surface area is 93.6 Å². The summed E-state index contributed by atoms with van der Waals surface area (Å²) in [6.45, 7) is 6.44. The van der Waals surface area contributed by atoms with Crippen molar-refractivity contribution in [2.24, 2.45) is 0 Å². The Morgan fingerprint density at radius 1 is 1.53 bits per heavy atom. The van der Waals surface area contributed by atoms with E-state index in [2.05, 4.69) is 14.9 Å². The molecule has 1 aromatic rings. The zero-order valence-corrected chi connectivity index (χ0v) is 9.88. The summed E-state index contributed by atoms with van der Waals surface area (Å²) in [5, 5.41) is 8.80. The van der Waals surface area contributed by atoms with Gasteiger partial charge in [0.1, 0.15) is 0 Å². The van der Waals surface area contributed by atoms with Gasteiger partial charge >= 0.3 is 0 Å². The monoisotopic (exact) mass is 228 g/mol. The highest BCUT2D eigenvalue weighted by Gasteiger charge is 2.08. The van der Waals surface area contributed by atoms with Crippen LogP contribution in [0.2, 0.25) is 0 Å². The molecule has 0 saturated heterocycles. The summed E-state index contributed by atoms with van der Waals surface area (Å²) in [5.41, 5.74) is 0.882. The standard InChI is InChI=1S/C9H16N4OS/c1-3-13(4-2)9(14)6-10-5-8-7-15-12-11-8/h7,10H,3-6H2,1-2H3. The molecule has 0 aromatic carbocycles. The van der Waals surface area contributed by atoms with Gasteiger partial charge in [-0.15, -0.1) is 5.10 Å². The Morgan fingerprint density at radius 3 is 2.80 bits per heavy atom. The number of amides is 1. The molecule has 84 valence electrons. The second-order valence-electron chi connectivity index (χ2n) is 3.07. The van der Waals surface area contributed by atoms with Crippen molar-refractivity contribution < 1.29 is 4.79 Å². The van der Waals surface area contributed by atoms with Crippen LogP contribution in [0.3, 0.4) is 0 Å². The van der Waals surface area contributed by atoms with Crippen LogP contribution < -0.4 is 5.32 Å². The van der Waals surface area contributed by atoms with Gasteiger partial charge in [-0.25, -0.2) is 0 Å². The van der Waals surface area contributed by atoms with Gasteiger partial charge < -0.3 is 10.2 Å². The first-order chi connectivity index (χ1) is 7.27. The molecule has 0 aliphatic heterocycles. The number of aromatic nitrogens is 2. The average molecular weight is 228 g/mol. The zero-order chi connectivity index (χ0) is 11.1. The third-order valence-corrected chi connectivity index (χ3v) is 2.66. The Kier molecular flexibility index (Phi) is 5.20. The molecule has 1 N–H and O–H groups in total. The van der Waals surface area contributed by atoms with Crippen molar-refractivity contribution in [2.45, 2.75) is 20.4 Å². The summed E-state index contributed by atoms with van der Waals surface area (Å²) in [6, 6.07) is 0. The maximum Gasteiger partial charge on any atom is 0.236 e. The van der Waals surface area contributed by atoms with Crippen molar-refractivity contribution in [1.29, 1.82) is 0 Å². The van der Waals surface area contributed by atoms with Crippen molar-refractivity contribution in [1.82, 2.24) is 19.8 Å². The first-order valence-electron chi connectivity index (χ1n) is 5.02. The Hall–Kier alpha value is -1.01. The number of nitrogens with one attached hydrogen (secondary N) is 1. The van der Waals surface area contributed by atoms with E-state index >= 15 is 0 Å². The molecule has 1 aromatic heterocycles. The minimum Gasteiger partial charge on any atom is -0.342 e. The van der Waals surface area contributed by atoms with Crippen LogP contribution >= 0.6 is 11.5 Å². The third-order valence-electron chi connectivity index (χ3n) is 2.10. The normalized spacial score (nSPS) is 10.3. The van der Waals surface area contributed by atoms with E-state index in [1.165, 1.54) is 11.5 Å². The molecule has 1 heterocycles. The third kappa shape index (κ3) is 3.93. The van der Waals surface area contributed by atoms with E-state index in [9.17, 15) is 4.79 Å². The van der Waals surface area contributed by atoms with Crippen LogP contribution in [-0.2, 0) is 11.3 Å². The molecule has 0 bridgehead atoms. The summed E-state index contributed by atoms with van der Waals surface area (Å²) in [7, 11) is 0. The number of hydrogen-bond donors (Lipinski definition) is 1. The molecule has 0 unspecified atom stereocenters. The quantitative estimate of drug-likeness (QED) is 0.770. The highest BCUT2D eigenvalue weighted by Crippen LogP contribution is 1.95. The largest absolute Gasteiger partial charge is 0.342 e. The fraction of sp³-hybridized carbons (Fsp3) is 0.667. The topological polar surface area (TPSA) is 58.1 Å². The predicted octanol–water partition coefficient (Wildman–Crippen LogP) is 0.496. The van der Waals surface area contributed by atoms with Crippen LogP contribution in [-0.4, -0.2) is 40.0 Å². The van der Waals surface area contributed by atoms with Gasteiger partial charge in [-0.05, 0) is 25.4 Å². The minimum absolute atomic E-state index is 0.128. The fourth-order valence-corrected chi connectivity index (χ4v) is 1.70. The highest BCUT2D eigenvalue weighted by molar-refractivity contribution is 7.03. The van der Waals surface area contributed by atoms with Crippen LogP contribution in [0.4, 0.5) is 0 Å². The predicted molar refractivity (Wildman–Crippen MR) is 59.5 cm³/mol. The number of carbonyl (C=O) groups is 1. The van der Waals surface area contributed by atoms with E-state index in [0.717, 1.165) is 18.8 Å². The lowest BCUT2D eigenvalue weighted by Gasteiger charge is -2.18. The molecule has 1 amide bonds. The molecule has 0 fully saturated rings. The number of rotatable bonds is 6. The lowest BCUT2D eigenvalue weighted by molar-refractivity contribution is -0.129. The van der Waals surface area contributed by atoms with Gasteiger partial charge in [0.25, 0.3) is 0 Å². The molecule has 0 atom stereocenters. The van der Waals surface area contributed by atoms with Gasteiger partial charge in [0.15, 0.2) is 0 Å². The summed E-state index contributed by atoms with van der Waals surface area (Å²) >= 11 is 1.32. The highest BCUT2D eigenvalue weighted by atomic mass is 32.1. The molecule has 0 aliphatic rings. The smallest absolute Gasteiger partial charge is 0.236 e. The Bertz CT molecular complexity index is 284. The van der Waals surface area contributed by atoms with E-state index < -0.39 is 0 Å². The maximum atomic E-state index is 11.6. The molecule has 0 saturated carbocycles. The van der Waals surface area contributed by atoms with Crippen LogP contribution in [0, 0.1) is 0 Å². The number of carbonyl (C=O) groups excluding carboxylic acids is 1. The molecule has 6 heteroatoms. The van der Waals surface area contributed by atoms with Crippen molar-refractivity contribution in [3.63, 3.8) is 0 Å². The SMILES string of the molecule is CCN(CC)C(=O)CNCc1csnn1. The van der Waals surface area contributed by atoms with E-state index in [1.807, 2.05) is 19.2 Å². The summed E-state index contributed by atoms with van der Waals surface area (Å²) in [4.78, 5) is 13.4. The van der Waals surface area contributed by atoms with Crippen molar-refractivity contribution in [3.05, 3.63) is 11.1 Å². The average Bonchev–Trinajstić information content (AvgIpc) is 2.72. The van der Waals surface area contributed by atoms with Crippen LogP contribution in [0.25, 0.3) is 0 Å². The molecule has 1 rings (SSSR count). The Balaban J connectivity index is 2.22. The van der Waals surface area contributed by atoms with Crippen LogP contribution in [0.5, 0.6) is 0 Å². The first kappa shape index (κ1) is 12.1. The molecular weight excluding hydrogens is 212 g/mol. The van der Waals surface area contributed by atoms with Gasteiger partial charge in [0.05, 0.1) is 12.2 Å². The van der Waals surface area contributed by atoms with Crippen molar-refractivity contribution in [2.75, 3.05) is 19.6 Å². The second-order valence-corrected chi connectivity index (χ2v) is 3.68. The number of likely N-dealkylation sites (N-methyl/N-ethyl adjacent to an activating group) is 1. The fourth-order valence-electron chi connectivity index (χ4n) is 1.25. The van der Waals surface area contributed by atoms with E-state index in [4.69, 9.17) is 0 Å². The van der Waals surface area contributed by atoms with Gasteiger partial charge in [-0.2, -0.15) is 0 Å². The molecule has 15 heavy (non-hydrogen) atoms. The van der Waals surface area contributed by atoms with Gasteiger partial charge in [0, 0.05) is 25.0 Å². The summed E-state index contributed by atoms with van der Waals surface area (Å²) < 4.78 is 3.74. The molecular formula is C9H16N4OS. The maximum absolute atomic E-state index is 11.6. The minimum atomic E-state index is 0.128. The second kappa shape index (κ2) is 6.47. The van der Waals surface area contributed by atoms with E-state index in [0.29, 0.717) is 13.1 Å². The van der Waals surface area contributed by atoms with Crippen LogP contribution in [0.15, 0.2) is 5.38 Å². The van der Waals surface area contributed by atoms with Crippen LogP contribution in [0.1, 0.15) is 19.5 Å². The summed E-state index contributed by atoms with van der Waals surface area (Å²) in [6.07, 6.45) is 0. The zero-order valence-electron chi connectivity index (χ0n) is 9.06. The van der Waals surface area contributed by atoms with E-state index in [1.54, 1.807) is 4.90 Å². The van der Waals surface area contributed by atoms with Crippen molar-refractivity contribution >= 4 is 17.4 Å². The van der Waals surface area contributed by atoms with Gasteiger partial charge in [-0.1, -0.05) is 4.49 Å². The Morgan fingerprint density at radius 2 is 2.27 bits per heavy atom. The van der Waals surface area contributed by atoms with Gasteiger partial charge in [-0.3, -0.25) is 4.79 Å². The molecule has 0 spiro atoms. The lowest BCUT2D eigenvalue weighted by Crippen LogP contribution is -2.37. The first-order valence-corrected chi connectivity index (χ1v) is 5.86. The molecule has 0 radical (unpaired) electrons. The lowest BCUT2D eigenvalue weighted by atomic mass is 10.4. The molecule has 5 nitrogen and oxygen atoms in total. The number of nitrogens with zero attached hydrogens (tertiary/aromatic N) is 3. The van der Waals surface area contributed by atoms with Gasteiger partial charge in [0.2, 0.25) is 5.91 Å². The summed E-state index contributed by atoms with van der Waals surface area (Å²) in [5.74, 6) is 0.128. The number of hydrogen-bond acceptors (Lipinski definition) is 5. The van der Waals surface area contributed by atoms with E-state index in [-0.39, 0.29) is 5.91 Å².